The molecule has 1 unspecified atom stereocenters. The van der Waals surface area contributed by atoms with Gasteiger partial charge in [-0.25, -0.2) is 4.79 Å². The molecule has 0 saturated carbocycles. The van der Waals surface area contributed by atoms with Crippen LogP contribution >= 0.6 is 0 Å². The average Bonchev–Trinajstić information content (AvgIpc) is 2.46. The molecule has 0 amide bonds. The molecule has 1 atom stereocenters. The molecule has 1 heterocycles. The predicted molar refractivity (Wildman–Crippen MR) is 54.1 cm³/mol. The zero-order chi connectivity index (χ0) is 11.3. The molecule has 0 aromatic rings. The Morgan fingerprint density at radius 3 is 2.87 bits per heavy atom. The number of rotatable bonds is 5. The summed E-state index contributed by atoms with van der Waals surface area (Å²) in [4.78, 5) is 22.2. The highest BCUT2D eigenvalue weighted by Gasteiger charge is 2.24. The Hall–Kier alpha value is -1.32. The van der Waals surface area contributed by atoms with Crippen molar-refractivity contribution in [2.75, 3.05) is 6.61 Å². The molecule has 4 nitrogen and oxygen atoms in total. The van der Waals surface area contributed by atoms with Crippen LogP contribution in [-0.4, -0.2) is 24.6 Å². The van der Waals surface area contributed by atoms with Crippen LogP contribution < -0.4 is 0 Å². The lowest BCUT2D eigenvalue weighted by Crippen LogP contribution is -2.16. The van der Waals surface area contributed by atoms with Gasteiger partial charge < -0.3 is 9.47 Å². The molecule has 0 saturated heterocycles. The van der Waals surface area contributed by atoms with Crippen molar-refractivity contribution in [2.24, 2.45) is 0 Å². The molecule has 0 spiro atoms. The van der Waals surface area contributed by atoms with Crippen LogP contribution in [0.15, 0.2) is 11.6 Å². The summed E-state index contributed by atoms with van der Waals surface area (Å²) in [6.45, 7) is 4.14. The van der Waals surface area contributed by atoms with E-state index in [-0.39, 0.29) is 18.4 Å². The van der Waals surface area contributed by atoms with Crippen LogP contribution in [0.4, 0.5) is 0 Å². The van der Waals surface area contributed by atoms with Gasteiger partial charge in [-0.2, -0.15) is 0 Å². The Bertz CT molecular complexity index is 280. The van der Waals surface area contributed by atoms with Crippen molar-refractivity contribution in [1.29, 1.82) is 0 Å². The Balaban J connectivity index is 2.25. The summed E-state index contributed by atoms with van der Waals surface area (Å²) in [6, 6.07) is 0. The number of carbonyl (C=O) groups is 2. The Morgan fingerprint density at radius 2 is 2.33 bits per heavy atom. The molecule has 0 aliphatic carbocycles. The minimum Gasteiger partial charge on any atom is -0.466 e. The molecular weight excluding hydrogens is 196 g/mol. The quantitative estimate of drug-likeness (QED) is 0.513. The van der Waals surface area contributed by atoms with E-state index >= 15 is 0 Å². The number of esters is 2. The molecule has 0 aromatic carbocycles. The summed E-state index contributed by atoms with van der Waals surface area (Å²) in [5.74, 6) is -0.659. The average molecular weight is 212 g/mol. The van der Waals surface area contributed by atoms with Crippen molar-refractivity contribution < 1.29 is 19.1 Å². The van der Waals surface area contributed by atoms with Gasteiger partial charge in [0.1, 0.15) is 6.10 Å². The van der Waals surface area contributed by atoms with E-state index in [0.29, 0.717) is 12.2 Å². The van der Waals surface area contributed by atoms with E-state index in [1.165, 1.54) is 0 Å². The molecule has 1 aliphatic rings. The highest BCUT2D eigenvalue weighted by atomic mass is 16.6. The lowest BCUT2D eigenvalue weighted by atomic mass is 10.2. The fourth-order valence-electron chi connectivity index (χ4n) is 1.27. The molecule has 0 aromatic heterocycles. The molecule has 1 aliphatic heterocycles. The maximum atomic E-state index is 11.2. The third kappa shape index (κ3) is 3.73. The number of unbranched alkanes of at least 4 members (excludes halogenated alkanes) is 1. The highest BCUT2D eigenvalue weighted by molar-refractivity contribution is 5.90. The van der Waals surface area contributed by atoms with Gasteiger partial charge in [0.15, 0.2) is 0 Å². The topological polar surface area (TPSA) is 52.6 Å². The first-order chi connectivity index (χ1) is 7.13. The molecule has 0 bridgehead atoms. The summed E-state index contributed by atoms with van der Waals surface area (Å²) < 4.78 is 9.87. The summed E-state index contributed by atoms with van der Waals surface area (Å²) in [5, 5.41) is 0. The van der Waals surface area contributed by atoms with Crippen LogP contribution in [0, 0.1) is 0 Å². The largest absolute Gasteiger partial charge is 0.466 e. The van der Waals surface area contributed by atoms with Crippen LogP contribution in [-0.2, 0) is 19.1 Å². The zero-order valence-electron chi connectivity index (χ0n) is 9.12. The lowest BCUT2D eigenvalue weighted by Gasteiger charge is -2.07. The van der Waals surface area contributed by atoms with Crippen LogP contribution in [0.3, 0.4) is 0 Å². The van der Waals surface area contributed by atoms with Crippen molar-refractivity contribution in [2.45, 2.75) is 39.2 Å². The lowest BCUT2D eigenvalue weighted by molar-refractivity contribution is -0.148. The van der Waals surface area contributed by atoms with E-state index in [2.05, 4.69) is 0 Å². The number of cyclic esters (lactones) is 1. The molecule has 0 N–H and O–H groups in total. The number of carbonyl (C=O) groups excluding carboxylic acids is 2. The second kappa shape index (κ2) is 5.53. The molecule has 0 radical (unpaired) electrons. The van der Waals surface area contributed by atoms with Gasteiger partial charge in [0.2, 0.25) is 0 Å². The van der Waals surface area contributed by atoms with Gasteiger partial charge >= 0.3 is 11.9 Å². The first-order valence-electron chi connectivity index (χ1n) is 5.18. The molecule has 1 rings (SSSR count). The number of ether oxygens (including phenoxy) is 2. The fourth-order valence-corrected chi connectivity index (χ4v) is 1.27. The summed E-state index contributed by atoms with van der Waals surface area (Å²) in [5.41, 5.74) is 0.557. The fraction of sp³-hybridized carbons (Fsp3) is 0.636. The van der Waals surface area contributed by atoms with Crippen molar-refractivity contribution >= 4 is 11.9 Å². The van der Waals surface area contributed by atoms with Gasteiger partial charge in [0.25, 0.3) is 0 Å². The number of hydrogen-bond acceptors (Lipinski definition) is 4. The zero-order valence-corrected chi connectivity index (χ0v) is 9.12. The van der Waals surface area contributed by atoms with Crippen LogP contribution in [0.25, 0.3) is 0 Å². The smallest absolute Gasteiger partial charge is 0.334 e. The van der Waals surface area contributed by atoms with Gasteiger partial charge in [-0.1, -0.05) is 13.3 Å². The van der Waals surface area contributed by atoms with E-state index < -0.39 is 6.10 Å². The summed E-state index contributed by atoms with van der Waals surface area (Å²) in [6.07, 6.45) is 3.19. The van der Waals surface area contributed by atoms with Crippen LogP contribution in [0.5, 0.6) is 0 Å². The Morgan fingerprint density at radius 1 is 1.60 bits per heavy atom. The maximum Gasteiger partial charge on any atom is 0.334 e. The first kappa shape index (κ1) is 11.8. The van der Waals surface area contributed by atoms with Crippen molar-refractivity contribution in [3.63, 3.8) is 0 Å². The monoisotopic (exact) mass is 212 g/mol. The Labute approximate surface area is 89.2 Å². The molecule has 4 heteroatoms. The van der Waals surface area contributed by atoms with E-state index in [1.807, 2.05) is 6.92 Å². The third-order valence-corrected chi connectivity index (χ3v) is 2.15. The van der Waals surface area contributed by atoms with Crippen LogP contribution in [0.1, 0.15) is 33.1 Å². The maximum absolute atomic E-state index is 11.2. The van der Waals surface area contributed by atoms with Gasteiger partial charge in [-0.15, -0.1) is 0 Å². The minimum atomic E-state index is -0.438. The van der Waals surface area contributed by atoms with Crippen molar-refractivity contribution in [3.05, 3.63) is 11.6 Å². The second-order valence-electron chi connectivity index (χ2n) is 3.57. The van der Waals surface area contributed by atoms with Crippen molar-refractivity contribution in [1.82, 2.24) is 0 Å². The number of hydrogen-bond donors (Lipinski definition) is 0. The van der Waals surface area contributed by atoms with E-state index in [1.54, 1.807) is 13.0 Å². The Kier molecular flexibility index (Phi) is 4.34. The highest BCUT2D eigenvalue weighted by Crippen LogP contribution is 2.15. The summed E-state index contributed by atoms with van der Waals surface area (Å²) in [7, 11) is 0. The first-order valence-corrected chi connectivity index (χ1v) is 5.18. The van der Waals surface area contributed by atoms with Gasteiger partial charge in [0.05, 0.1) is 13.0 Å². The van der Waals surface area contributed by atoms with Gasteiger partial charge in [-0.3, -0.25) is 4.79 Å². The minimum absolute atomic E-state index is 0.118. The van der Waals surface area contributed by atoms with E-state index in [4.69, 9.17) is 9.47 Å². The van der Waals surface area contributed by atoms with E-state index in [0.717, 1.165) is 12.8 Å². The SMILES string of the molecule is CCCCOC(=O)CC1C=C(C)C(=O)O1. The van der Waals surface area contributed by atoms with Crippen LogP contribution in [0.2, 0.25) is 0 Å². The van der Waals surface area contributed by atoms with Crippen molar-refractivity contribution in [3.8, 4) is 0 Å². The molecular formula is C11H16O4. The second-order valence-corrected chi connectivity index (χ2v) is 3.57. The van der Waals surface area contributed by atoms with E-state index in [9.17, 15) is 9.59 Å². The standard InChI is InChI=1S/C11H16O4/c1-3-4-5-14-10(12)7-9-6-8(2)11(13)15-9/h6,9H,3-5,7H2,1-2H3. The molecule has 0 fully saturated rings. The molecule has 15 heavy (non-hydrogen) atoms. The molecule has 84 valence electrons. The third-order valence-electron chi connectivity index (χ3n) is 2.15. The van der Waals surface area contributed by atoms with Gasteiger partial charge in [0, 0.05) is 5.57 Å². The van der Waals surface area contributed by atoms with Gasteiger partial charge in [-0.05, 0) is 19.4 Å². The predicted octanol–water partition coefficient (Wildman–Crippen LogP) is 1.59. The summed E-state index contributed by atoms with van der Waals surface area (Å²) >= 11 is 0. The normalized spacial score (nSPS) is 19.7.